The molecule has 0 bridgehead atoms. The van der Waals surface area contributed by atoms with Crippen LogP contribution in [0.4, 0.5) is 5.69 Å². The van der Waals surface area contributed by atoms with Crippen molar-refractivity contribution in [2.24, 2.45) is 0 Å². The van der Waals surface area contributed by atoms with E-state index in [2.05, 4.69) is 5.32 Å². The van der Waals surface area contributed by atoms with Crippen LogP contribution in [-0.4, -0.2) is 29.5 Å². The Labute approximate surface area is 129 Å². The Morgan fingerprint density at radius 3 is 2.52 bits per heavy atom. The zero-order valence-corrected chi connectivity index (χ0v) is 12.5. The molecular weight excluding hydrogens is 288 g/mol. The number of nitrogens with zero attached hydrogens (tertiary/aromatic N) is 1. The van der Waals surface area contributed by atoms with Crippen molar-refractivity contribution in [3.05, 3.63) is 59.1 Å². The molecule has 0 aromatic heterocycles. The fraction of sp³-hybridized carbons (Fsp3) is 0.188. The van der Waals surface area contributed by atoms with E-state index in [1.54, 1.807) is 12.1 Å². The Bertz CT molecular complexity index is 614. The summed E-state index contributed by atoms with van der Waals surface area (Å²) in [5.74, 6) is 0.0547. The van der Waals surface area contributed by atoms with E-state index in [9.17, 15) is 9.90 Å². The molecular formula is C16H17ClN2O2. The van der Waals surface area contributed by atoms with Crippen molar-refractivity contribution in [2.75, 3.05) is 18.9 Å². The van der Waals surface area contributed by atoms with Crippen LogP contribution in [0.2, 0.25) is 5.02 Å². The number of likely N-dealkylation sites (N-methyl/N-ethyl adjacent to an activating group) is 1. The summed E-state index contributed by atoms with van der Waals surface area (Å²) in [6, 6.07) is 13.9. The van der Waals surface area contributed by atoms with E-state index in [1.165, 1.54) is 12.1 Å². The van der Waals surface area contributed by atoms with Crippen molar-refractivity contribution in [3.63, 3.8) is 0 Å². The van der Waals surface area contributed by atoms with Gasteiger partial charge in [-0.1, -0.05) is 29.8 Å². The molecule has 2 aromatic carbocycles. The lowest BCUT2D eigenvalue weighted by molar-refractivity contribution is -0.117. The standard InChI is InChI=1S/C16H17ClN2O2/c1-19(10-12-4-2-3-5-15(12)17)11-16(21)18-13-6-8-14(20)9-7-13/h2-9,20H,10-11H2,1H3,(H,18,21). The van der Waals surface area contributed by atoms with Crippen LogP contribution in [0.1, 0.15) is 5.56 Å². The minimum atomic E-state index is -0.116. The first-order chi connectivity index (χ1) is 10.0. The van der Waals surface area contributed by atoms with Gasteiger partial charge in [-0.25, -0.2) is 0 Å². The predicted octanol–water partition coefficient (Wildman–Crippen LogP) is 3.12. The number of rotatable bonds is 5. The second kappa shape index (κ2) is 7.11. The van der Waals surface area contributed by atoms with Gasteiger partial charge in [0.25, 0.3) is 0 Å². The largest absolute Gasteiger partial charge is 0.508 e. The van der Waals surface area contributed by atoms with E-state index in [0.29, 0.717) is 17.3 Å². The number of carbonyl (C=O) groups is 1. The second-order valence-electron chi connectivity index (χ2n) is 4.86. The smallest absolute Gasteiger partial charge is 0.238 e. The van der Waals surface area contributed by atoms with E-state index >= 15 is 0 Å². The molecule has 0 spiro atoms. The summed E-state index contributed by atoms with van der Waals surface area (Å²) in [5.41, 5.74) is 1.64. The van der Waals surface area contributed by atoms with Gasteiger partial charge in [0.05, 0.1) is 6.54 Å². The average Bonchev–Trinajstić information content (AvgIpc) is 2.44. The van der Waals surface area contributed by atoms with E-state index in [1.807, 2.05) is 36.2 Å². The molecule has 0 saturated heterocycles. The Morgan fingerprint density at radius 1 is 1.19 bits per heavy atom. The molecule has 1 amide bonds. The van der Waals surface area contributed by atoms with Crippen molar-refractivity contribution >= 4 is 23.2 Å². The molecule has 0 fully saturated rings. The van der Waals surface area contributed by atoms with Crippen molar-refractivity contribution < 1.29 is 9.90 Å². The lowest BCUT2D eigenvalue weighted by Crippen LogP contribution is -2.29. The fourth-order valence-corrected chi connectivity index (χ4v) is 2.16. The van der Waals surface area contributed by atoms with Gasteiger partial charge in [0, 0.05) is 17.3 Å². The average molecular weight is 305 g/mol. The third-order valence-corrected chi connectivity index (χ3v) is 3.33. The summed E-state index contributed by atoms with van der Waals surface area (Å²) < 4.78 is 0. The number of phenolic OH excluding ortho intramolecular Hbond substituents is 1. The number of aromatic hydroxyl groups is 1. The third kappa shape index (κ3) is 4.77. The number of halogens is 1. The number of hydrogen-bond donors (Lipinski definition) is 2. The van der Waals surface area contributed by atoms with Gasteiger partial charge < -0.3 is 10.4 Å². The van der Waals surface area contributed by atoms with Crippen molar-refractivity contribution in [1.82, 2.24) is 4.90 Å². The molecule has 0 unspecified atom stereocenters. The van der Waals surface area contributed by atoms with E-state index in [4.69, 9.17) is 11.6 Å². The first-order valence-corrected chi connectivity index (χ1v) is 6.93. The van der Waals surface area contributed by atoms with Crippen LogP contribution >= 0.6 is 11.6 Å². The first kappa shape index (κ1) is 15.4. The van der Waals surface area contributed by atoms with Gasteiger partial charge in [0.1, 0.15) is 5.75 Å². The molecule has 2 aromatic rings. The minimum Gasteiger partial charge on any atom is -0.508 e. The molecule has 0 atom stereocenters. The van der Waals surface area contributed by atoms with E-state index < -0.39 is 0 Å². The first-order valence-electron chi connectivity index (χ1n) is 6.55. The number of anilines is 1. The number of amides is 1. The number of phenols is 1. The summed E-state index contributed by atoms with van der Waals surface area (Å²) in [5, 5.41) is 12.7. The fourth-order valence-electron chi connectivity index (χ4n) is 1.96. The molecule has 4 nitrogen and oxygen atoms in total. The van der Waals surface area contributed by atoms with Gasteiger partial charge >= 0.3 is 0 Å². The van der Waals surface area contributed by atoms with Gasteiger partial charge in [-0.05, 0) is 42.9 Å². The second-order valence-corrected chi connectivity index (χ2v) is 5.27. The van der Waals surface area contributed by atoms with Crippen LogP contribution in [0.5, 0.6) is 5.75 Å². The molecule has 0 radical (unpaired) electrons. The molecule has 0 aliphatic rings. The minimum absolute atomic E-state index is 0.116. The Hall–Kier alpha value is -2.04. The molecule has 2 N–H and O–H groups in total. The van der Waals surface area contributed by atoms with Crippen LogP contribution in [0.15, 0.2) is 48.5 Å². The van der Waals surface area contributed by atoms with Gasteiger partial charge in [-0.2, -0.15) is 0 Å². The van der Waals surface area contributed by atoms with Crippen LogP contribution in [0.25, 0.3) is 0 Å². The van der Waals surface area contributed by atoms with Gasteiger partial charge in [-0.3, -0.25) is 9.69 Å². The highest BCUT2D eigenvalue weighted by Gasteiger charge is 2.09. The number of carbonyl (C=O) groups excluding carboxylic acids is 1. The quantitative estimate of drug-likeness (QED) is 0.835. The maximum absolute atomic E-state index is 11.9. The highest BCUT2D eigenvalue weighted by molar-refractivity contribution is 6.31. The Kier molecular flexibility index (Phi) is 5.20. The highest BCUT2D eigenvalue weighted by atomic mass is 35.5. The van der Waals surface area contributed by atoms with Crippen LogP contribution < -0.4 is 5.32 Å². The summed E-state index contributed by atoms with van der Waals surface area (Å²) in [7, 11) is 1.86. The van der Waals surface area contributed by atoms with Crippen molar-refractivity contribution in [2.45, 2.75) is 6.54 Å². The summed E-state index contributed by atoms with van der Waals surface area (Å²) in [4.78, 5) is 13.8. The summed E-state index contributed by atoms with van der Waals surface area (Å²) >= 11 is 6.10. The van der Waals surface area contributed by atoms with E-state index in [-0.39, 0.29) is 18.2 Å². The molecule has 0 aliphatic carbocycles. The molecule has 0 saturated carbocycles. The van der Waals surface area contributed by atoms with E-state index in [0.717, 1.165) is 5.56 Å². The monoisotopic (exact) mass is 304 g/mol. The number of nitrogens with one attached hydrogen (secondary N) is 1. The maximum atomic E-state index is 11.9. The third-order valence-electron chi connectivity index (χ3n) is 2.96. The Morgan fingerprint density at radius 2 is 1.86 bits per heavy atom. The predicted molar refractivity (Wildman–Crippen MR) is 84.5 cm³/mol. The summed E-state index contributed by atoms with van der Waals surface area (Å²) in [6.07, 6.45) is 0. The molecule has 0 aliphatic heterocycles. The van der Waals surface area contributed by atoms with Crippen LogP contribution in [0, 0.1) is 0 Å². The van der Waals surface area contributed by atoms with Crippen LogP contribution in [-0.2, 0) is 11.3 Å². The topological polar surface area (TPSA) is 52.6 Å². The van der Waals surface area contributed by atoms with Gasteiger partial charge in [0.2, 0.25) is 5.91 Å². The number of hydrogen-bond acceptors (Lipinski definition) is 3. The molecule has 5 heteroatoms. The summed E-state index contributed by atoms with van der Waals surface area (Å²) in [6.45, 7) is 0.856. The zero-order chi connectivity index (χ0) is 15.2. The highest BCUT2D eigenvalue weighted by Crippen LogP contribution is 2.17. The SMILES string of the molecule is CN(CC(=O)Nc1ccc(O)cc1)Cc1ccccc1Cl. The normalized spacial score (nSPS) is 10.6. The number of benzene rings is 2. The molecule has 21 heavy (non-hydrogen) atoms. The van der Waals surface area contributed by atoms with Gasteiger partial charge in [-0.15, -0.1) is 0 Å². The van der Waals surface area contributed by atoms with Crippen molar-refractivity contribution in [1.29, 1.82) is 0 Å². The maximum Gasteiger partial charge on any atom is 0.238 e. The molecule has 2 rings (SSSR count). The van der Waals surface area contributed by atoms with Crippen LogP contribution in [0.3, 0.4) is 0 Å². The molecule has 110 valence electrons. The lowest BCUT2D eigenvalue weighted by Gasteiger charge is -2.17. The van der Waals surface area contributed by atoms with Gasteiger partial charge in [0.15, 0.2) is 0 Å². The Balaban J connectivity index is 1.87. The lowest BCUT2D eigenvalue weighted by atomic mass is 10.2. The molecule has 0 heterocycles. The zero-order valence-electron chi connectivity index (χ0n) is 11.7. The van der Waals surface area contributed by atoms with Crippen molar-refractivity contribution in [3.8, 4) is 5.75 Å².